The zero-order valence-electron chi connectivity index (χ0n) is 21.5. The second-order valence-corrected chi connectivity index (χ2v) is 12.0. The Labute approximate surface area is 221 Å². The average Bonchev–Trinajstić information content (AvgIpc) is 2.88. The average molecular weight is 539 g/mol. The molecule has 0 unspecified atom stereocenters. The molecule has 5 rings (SSSR count). The second-order valence-electron chi connectivity index (χ2n) is 10.1. The van der Waals surface area contributed by atoms with Gasteiger partial charge in [-0.15, -0.1) is 5.10 Å². The third-order valence-electron chi connectivity index (χ3n) is 6.60. The maximum atomic E-state index is 12.9. The van der Waals surface area contributed by atoms with Crippen LogP contribution in [0.5, 0.6) is 0 Å². The van der Waals surface area contributed by atoms with E-state index in [0.29, 0.717) is 32.0 Å². The van der Waals surface area contributed by atoms with E-state index < -0.39 is 21.3 Å². The van der Waals surface area contributed by atoms with Gasteiger partial charge in [0, 0.05) is 38.1 Å². The van der Waals surface area contributed by atoms with Crippen LogP contribution in [0.1, 0.15) is 22.8 Å². The molecule has 1 aromatic carbocycles. The molecule has 2 fully saturated rings. The molecule has 1 amide bonds. The van der Waals surface area contributed by atoms with Gasteiger partial charge in [0.15, 0.2) is 14.9 Å². The number of sulfone groups is 1. The molecule has 200 valence electrons. The molecule has 4 heterocycles. The van der Waals surface area contributed by atoms with Gasteiger partial charge in [0.25, 0.3) is 5.91 Å². The van der Waals surface area contributed by atoms with E-state index in [9.17, 15) is 18.3 Å². The molecule has 0 radical (unpaired) electrons. The molecule has 3 aromatic rings. The number of carbonyl (C=O) groups is 1. The van der Waals surface area contributed by atoms with Crippen molar-refractivity contribution in [1.29, 1.82) is 0 Å². The van der Waals surface area contributed by atoms with Crippen LogP contribution < -0.4 is 15.1 Å². The van der Waals surface area contributed by atoms with E-state index >= 15 is 0 Å². The number of ether oxygens (including phenoxy) is 1. The van der Waals surface area contributed by atoms with Crippen molar-refractivity contribution in [2.24, 2.45) is 0 Å². The molecule has 0 saturated carbocycles. The molecule has 0 bridgehead atoms. The summed E-state index contributed by atoms with van der Waals surface area (Å²) in [6, 6.07) is 10.8. The molecule has 11 nitrogen and oxygen atoms in total. The fourth-order valence-electron chi connectivity index (χ4n) is 4.58. The highest BCUT2D eigenvalue weighted by atomic mass is 32.2. The number of benzene rings is 1. The van der Waals surface area contributed by atoms with E-state index in [1.807, 2.05) is 43.0 Å². The number of aliphatic hydroxyl groups is 1. The van der Waals surface area contributed by atoms with Gasteiger partial charge in [-0.1, -0.05) is 6.07 Å². The third kappa shape index (κ3) is 5.62. The van der Waals surface area contributed by atoms with E-state index in [-0.39, 0.29) is 10.6 Å². The smallest absolute Gasteiger partial charge is 0.257 e. The fourth-order valence-corrected chi connectivity index (χ4v) is 5.11. The summed E-state index contributed by atoms with van der Waals surface area (Å²) >= 11 is 0. The number of nitrogens with zero attached hydrogens (tertiary/aromatic N) is 5. The van der Waals surface area contributed by atoms with Crippen LogP contribution in [0, 0.1) is 6.92 Å². The summed E-state index contributed by atoms with van der Waals surface area (Å²) in [6.07, 6.45) is 2.24. The SMILES string of the molecule is Cc1ccc(NC(=O)c2cnnc(S(C)(=O)=O)c2)cc1-c1cc(N2CCOCC2)nc(N2CC(C)(O)C2)c1. The van der Waals surface area contributed by atoms with Crippen molar-refractivity contribution < 1.29 is 23.1 Å². The molecular formula is C26H30N6O5S. The first-order valence-electron chi connectivity index (χ1n) is 12.3. The summed E-state index contributed by atoms with van der Waals surface area (Å²) in [6.45, 7) is 7.53. The normalized spacial score (nSPS) is 17.2. The molecule has 2 aliphatic heterocycles. The maximum absolute atomic E-state index is 12.9. The number of amides is 1. The number of β-amino-alcohol motifs (C(OH)–C–C–N with tert-alkyl or cyclic N) is 1. The number of aromatic nitrogens is 3. The van der Waals surface area contributed by atoms with Crippen molar-refractivity contribution in [2.75, 3.05) is 60.8 Å². The number of aryl methyl sites for hydroxylation is 1. The number of hydrogen-bond acceptors (Lipinski definition) is 10. The Morgan fingerprint density at radius 1 is 1.08 bits per heavy atom. The molecule has 2 N–H and O–H groups in total. The van der Waals surface area contributed by atoms with E-state index in [0.717, 1.165) is 47.7 Å². The maximum Gasteiger partial charge on any atom is 0.257 e. The fraction of sp³-hybridized carbons (Fsp3) is 0.385. The molecule has 0 aliphatic carbocycles. The minimum Gasteiger partial charge on any atom is -0.386 e. The topological polar surface area (TPSA) is 138 Å². The van der Waals surface area contributed by atoms with E-state index in [2.05, 4.69) is 20.4 Å². The number of rotatable bonds is 6. The Kier molecular flexibility index (Phi) is 6.80. The number of nitrogens with one attached hydrogen (secondary N) is 1. The van der Waals surface area contributed by atoms with Crippen LogP contribution in [0.25, 0.3) is 11.1 Å². The number of morpholine rings is 1. The van der Waals surface area contributed by atoms with Crippen LogP contribution in [0.3, 0.4) is 0 Å². The Balaban J connectivity index is 1.47. The van der Waals surface area contributed by atoms with E-state index in [1.54, 1.807) is 6.07 Å². The van der Waals surface area contributed by atoms with Gasteiger partial charge in [-0.3, -0.25) is 4.79 Å². The van der Waals surface area contributed by atoms with Gasteiger partial charge in [-0.05, 0) is 60.9 Å². The standard InChI is InChI=1S/C26H30N6O5S/c1-17-4-5-20(28-25(33)19-12-24(30-27-14-19)38(3,35)36)13-21(17)18-10-22(31-6-8-37-9-7-31)29-23(11-18)32-15-26(2,34)16-32/h4-5,10-14,34H,6-9,15-16H2,1-3H3,(H,28,33). The Hall–Kier alpha value is -3.61. The van der Waals surface area contributed by atoms with Crippen molar-refractivity contribution >= 4 is 33.1 Å². The lowest BCUT2D eigenvalue weighted by Gasteiger charge is -2.45. The lowest BCUT2D eigenvalue weighted by Crippen LogP contribution is -2.60. The molecule has 2 aromatic heterocycles. The van der Waals surface area contributed by atoms with Gasteiger partial charge >= 0.3 is 0 Å². The first kappa shape index (κ1) is 26.0. The zero-order chi connectivity index (χ0) is 27.1. The summed E-state index contributed by atoms with van der Waals surface area (Å²) in [5.41, 5.74) is 2.75. The minimum atomic E-state index is -3.60. The van der Waals surface area contributed by atoms with Crippen LogP contribution in [0.15, 0.2) is 47.6 Å². The lowest BCUT2D eigenvalue weighted by molar-refractivity contribution is 0.0305. The van der Waals surface area contributed by atoms with Crippen LogP contribution in [0.4, 0.5) is 17.3 Å². The largest absolute Gasteiger partial charge is 0.386 e. The quantitative estimate of drug-likeness (QED) is 0.479. The van der Waals surface area contributed by atoms with Crippen molar-refractivity contribution in [3.63, 3.8) is 0 Å². The second kappa shape index (κ2) is 9.93. The molecular weight excluding hydrogens is 508 g/mol. The zero-order valence-corrected chi connectivity index (χ0v) is 22.3. The predicted molar refractivity (Wildman–Crippen MR) is 143 cm³/mol. The van der Waals surface area contributed by atoms with Crippen molar-refractivity contribution in [1.82, 2.24) is 15.2 Å². The highest BCUT2D eigenvalue weighted by Gasteiger charge is 2.37. The molecule has 2 saturated heterocycles. The minimum absolute atomic E-state index is 0.0909. The van der Waals surface area contributed by atoms with Gasteiger partial charge < -0.3 is 25.0 Å². The van der Waals surface area contributed by atoms with Crippen LogP contribution in [0.2, 0.25) is 0 Å². The predicted octanol–water partition coefficient (Wildman–Crippen LogP) is 1.91. The third-order valence-corrected chi connectivity index (χ3v) is 7.56. The van der Waals surface area contributed by atoms with Crippen molar-refractivity contribution in [3.05, 3.63) is 53.7 Å². The van der Waals surface area contributed by atoms with Crippen LogP contribution in [-0.2, 0) is 14.6 Å². The number of pyridine rings is 1. The monoisotopic (exact) mass is 538 g/mol. The van der Waals surface area contributed by atoms with Gasteiger partial charge in [-0.2, -0.15) is 5.10 Å². The van der Waals surface area contributed by atoms with Gasteiger partial charge in [0.2, 0.25) is 0 Å². The molecule has 0 atom stereocenters. The number of hydrogen-bond donors (Lipinski definition) is 2. The van der Waals surface area contributed by atoms with Crippen molar-refractivity contribution in [2.45, 2.75) is 24.5 Å². The summed E-state index contributed by atoms with van der Waals surface area (Å²) < 4.78 is 29.1. The van der Waals surface area contributed by atoms with Crippen LogP contribution in [-0.4, -0.2) is 85.9 Å². The molecule has 12 heteroatoms. The summed E-state index contributed by atoms with van der Waals surface area (Å²) in [4.78, 5) is 22.0. The Bertz CT molecular complexity index is 1480. The summed E-state index contributed by atoms with van der Waals surface area (Å²) in [5, 5.41) is 20.1. The van der Waals surface area contributed by atoms with Crippen molar-refractivity contribution in [3.8, 4) is 11.1 Å². The summed E-state index contributed by atoms with van der Waals surface area (Å²) in [5.74, 6) is 1.12. The van der Waals surface area contributed by atoms with Gasteiger partial charge in [0.05, 0.1) is 30.6 Å². The van der Waals surface area contributed by atoms with E-state index in [1.165, 1.54) is 12.3 Å². The molecule has 38 heavy (non-hydrogen) atoms. The van der Waals surface area contributed by atoms with E-state index in [4.69, 9.17) is 9.72 Å². The number of anilines is 3. The first-order valence-corrected chi connectivity index (χ1v) is 14.1. The molecule has 2 aliphatic rings. The van der Waals surface area contributed by atoms with Gasteiger partial charge in [0.1, 0.15) is 11.6 Å². The highest BCUT2D eigenvalue weighted by molar-refractivity contribution is 7.90. The van der Waals surface area contributed by atoms with Crippen LogP contribution >= 0.6 is 0 Å². The lowest BCUT2D eigenvalue weighted by atomic mass is 9.96. The Morgan fingerprint density at radius 3 is 2.42 bits per heavy atom. The highest BCUT2D eigenvalue weighted by Crippen LogP contribution is 2.35. The number of carbonyl (C=O) groups excluding carboxylic acids is 1. The summed E-state index contributed by atoms with van der Waals surface area (Å²) in [7, 11) is -3.60. The molecule has 0 spiro atoms. The first-order chi connectivity index (χ1) is 18.0. The van der Waals surface area contributed by atoms with Gasteiger partial charge in [-0.25, -0.2) is 13.4 Å². The Morgan fingerprint density at radius 2 is 1.76 bits per heavy atom.